The zero-order valence-corrected chi connectivity index (χ0v) is 35.9. The van der Waals surface area contributed by atoms with Crippen LogP contribution >= 0.6 is 0 Å². The number of hydrogen-bond donors (Lipinski definition) is 0. The summed E-state index contributed by atoms with van der Waals surface area (Å²) < 4.78 is 0. The topological polar surface area (TPSA) is 38.7 Å². The standard InChI is InChI=1S/C63H39N3/c1-2-17-48-45(13-1)36-57(52-21-5-3-18-49(48)52)40-26-30-42(31-27-40)60-38-61(66-63(65-60)46-15-11-14-44(35-46)47-16-12-34-64-39-47)43-32-28-41(29-33-43)58-37-59-53-22-6-4-19-50(53)51-20-7-9-24-55(51)62(59)56-25-10-8-23-54(56)58/h1-39H. The minimum Gasteiger partial charge on any atom is -0.264 e. The van der Waals surface area contributed by atoms with Crippen LogP contribution in [0.1, 0.15) is 0 Å². The van der Waals surface area contributed by atoms with Gasteiger partial charge >= 0.3 is 0 Å². The third-order valence-corrected chi connectivity index (χ3v) is 13.3. The Labute approximate surface area is 382 Å². The lowest BCUT2D eigenvalue weighted by Crippen LogP contribution is -1.96. The van der Waals surface area contributed by atoms with Gasteiger partial charge in [0.05, 0.1) is 11.4 Å². The molecule has 3 heteroatoms. The van der Waals surface area contributed by atoms with Crippen LogP contribution in [0.4, 0.5) is 0 Å². The van der Waals surface area contributed by atoms with Crippen molar-refractivity contribution in [2.24, 2.45) is 0 Å². The van der Waals surface area contributed by atoms with Crippen LogP contribution in [-0.2, 0) is 0 Å². The third-order valence-electron chi connectivity index (χ3n) is 13.3. The zero-order chi connectivity index (χ0) is 43.6. The van der Waals surface area contributed by atoms with E-state index in [0.717, 1.165) is 50.3 Å². The molecule has 2 heterocycles. The van der Waals surface area contributed by atoms with E-state index in [0.29, 0.717) is 5.82 Å². The highest BCUT2D eigenvalue weighted by Crippen LogP contribution is 2.43. The van der Waals surface area contributed by atoms with Crippen molar-refractivity contribution in [1.29, 1.82) is 0 Å². The highest BCUT2D eigenvalue weighted by Gasteiger charge is 2.17. The van der Waals surface area contributed by atoms with Gasteiger partial charge in [0.15, 0.2) is 5.82 Å². The second-order valence-corrected chi connectivity index (χ2v) is 17.1. The largest absolute Gasteiger partial charge is 0.264 e. The number of pyridine rings is 1. The molecule has 0 radical (unpaired) electrons. The van der Waals surface area contributed by atoms with E-state index in [1.54, 1.807) is 6.20 Å². The lowest BCUT2D eigenvalue weighted by Gasteiger charge is -2.16. The minimum absolute atomic E-state index is 0.668. The van der Waals surface area contributed by atoms with Crippen molar-refractivity contribution in [2.45, 2.75) is 0 Å². The molecule has 2 aromatic heterocycles. The van der Waals surface area contributed by atoms with Gasteiger partial charge in [0.2, 0.25) is 0 Å². The molecule has 0 saturated carbocycles. The first-order valence-electron chi connectivity index (χ1n) is 22.5. The molecule has 11 aromatic carbocycles. The summed E-state index contributed by atoms with van der Waals surface area (Å²) in [6, 6.07) is 81.0. The van der Waals surface area contributed by atoms with Gasteiger partial charge in [-0.1, -0.05) is 194 Å². The first-order chi connectivity index (χ1) is 32.7. The fourth-order valence-electron chi connectivity index (χ4n) is 10.2. The minimum atomic E-state index is 0.668. The van der Waals surface area contributed by atoms with Crippen molar-refractivity contribution in [3.8, 4) is 67.3 Å². The van der Waals surface area contributed by atoms with E-state index < -0.39 is 0 Å². The van der Waals surface area contributed by atoms with Crippen molar-refractivity contribution < 1.29 is 0 Å². The average molecular weight is 838 g/mol. The molecular weight excluding hydrogens is 799 g/mol. The molecule has 0 N–H and O–H groups in total. The van der Waals surface area contributed by atoms with Crippen LogP contribution in [0.5, 0.6) is 0 Å². The van der Waals surface area contributed by atoms with Crippen LogP contribution in [0.3, 0.4) is 0 Å². The molecule has 0 aliphatic carbocycles. The second-order valence-electron chi connectivity index (χ2n) is 17.1. The van der Waals surface area contributed by atoms with Crippen LogP contribution in [-0.4, -0.2) is 15.0 Å². The van der Waals surface area contributed by atoms with E-state index in [-0.39, 0.29) is 0 Å². The van der Waals surface area contributed by atoms with E-state index in [2.05, 4.69) is 223 Å². The van der Waals surface area contributed by atoms with Gasteiger partial charge < -0.3 is 0 Å². The zero-order valence-electron chi connectivity index (χ0n) is 35.9. The van der Waals surface area contributed by atoms with Crippen molar-refractivity contribution in [3.63, 3.8) is 0 Å². The van der Waals surface area contributed by atoms with Crippen LogP contribution in [0.25, 0.3) is 132 Å². The maximum absolute atomic E-state index is 5.29. The average Bonchev–Trinajstić information content (AvgIpc) is 3.40. The first kappa shape index (κ1) is 37.7. The predicted octanol–water partition coefficient (Wildman–Crippen LogP) is 16.8. The van der Waals surface area contributed by atoms with Gasteiger partial charge in [0, 0.05) is 34.6 Å². The lowest BCUT2D eigenvalue weighted by atomic mass is 9.87. The van der Waals surface area contributed by atoms with Crippen molar-refractivity contribution in [3.05, 3.63) is 237 Å². The molecule has 306 valence electrons. The summed E-state index contributed by atoms with van der Waals surface area (Å²) in [7, 11) is 0. The maximum atomic E-state index is 5.29. The normalized spacial score (nSPS) is 11.6. The van der Waals surface area contributed by atoms with Crippen molar-refractivity contribution in [1.82, 2.24) is 15.0 Å². The summed E-state index contributed by atoms with van der Waals surface area (Å²) in [5.74, 6) is 0.668. The highest BCUT2D eigenvalue weighted by molar-refractivity contribution is 6.33. The van der Waals surface area contributed by atoms with Gasteiger partial charge in [-0.3, -0.25) is 4.98 Å². The van der Waals surface area contributed by atoms with E-state index >= 15 is 0 Å². The first-order valence-corrected chi connectivity index (χ1v) is 22.5. The summed E-state index contributed by atoms with van der Waals surface area (Å²) in [6.45, 7) is 0. The van der Waals surface area contributed by atoms with Crippen LogP contribution in [0.15, 0.2) is 237 Å². The quantitative estimate of drug-likeness (QED) is 0.157. The van der Waals surface area contributed by atoms with E-state index in [1.165, 1.54) is 75.8 Å². The fraction of sp³-hybridized carbons (Fsp3) is 0. The molecule has 13 rings (SSSR count). The van der Waals surface area contributed by atoms with Gasteiger partial charge in [-0.15, -0.1) is 0 Å². The molecule has 0 aliphatic rings. The maximum Gasteiger partial charge on any atom is 0.160 e. The Bertz CT molecular complexity index is 4030. The number of rotatable bonds is 6. The van der Waals surface area contributed by atoms with Gasteiger partial charge in [0.1, 0.15) is 0 Å². The predicted molar refractivity (Wildman–Crippen MR) is 277 cm³/mol. The van der Waals surface area contributed by atoms with Crippen LogP contribution < -0.4 is 0 Å². The Balaban J connectivity index is 0.943. The van der Waals surface area contributed by atoms with Gasteiger partial charge in [-0.05, 0) is 123 Å². The highest BCUT2D eigenvalue weighted by atomic mass is 14.9. The van der Waals surface area contributed by atoms with Crippen LogP contribution in [0, 0.1) is 0 Å². The molecule has 0 fully saturated rings. The Morgan fingerprint density at radius 1 is 0.258 bits per heavy atom. The molecule has 0 saturated heterocycles. The second kappa shape index (κ2) is 15.5. The molecule has 0 spiro atoms. The number of benzene rings is 11. The monoisotopic (exact) mass is 837 g/mol. The summed E-state index contributed by atoms with van der Waals surface area (Å²) in [5.41, 5.74) is 11.6. The van der Waals surface area contributed by atoms with Gasteiger partial charge in [-0.2, -0.15) is 0 Å². The van der Waals surface area contributed by atoms with Gasteiger partial charge in [-0.25, -0.2) is 9.97 Å². The summed E-state index contributed by atoms with van der Waals surface area (Å²) in [4.78, 5) is 15.0. The summed E-state index contributed by atoms with van der Waals surface area (Å²) >= 11 is 0. The summed E-state index contributed by atoms with van der Waals surface area (Å²) in [5, 5.41) is 15.2. The van der Waals surface area contributed by atoms with E-state index in [9.17, 15) is 0 Å². The molecular formula is C63H39N3. The van der Waals surface area contributed by atoms with E-state index in [4.69, 9.17) is 9.97 Å². The number of hydrogen-bond acceptors (Lipinski definition) is 3. The molecule has 0 amide bonds. The smallest absolute Gasteiger partial charge is 0.160 e. The van der Waals surface area contributed by atoms with E-state index in [1.807, 2.05) is 12.3 Å². The van der Waals surface area contributed by atoms with Crippen molar-refractivity contribution >= 4 is 64.6 Å². The summed E-state index contributed by atoms with van der Waals surface area (Å²) in [6.07, 6.45) is 3.70. The number of aromatic nitrogens is 3. The molecule has 0 unspecified atom stereocenters. The van der Waals surface area contributed by atoms with Gasteiger partial charge in [0.25, 0.3) is 0 Å². The Morgan fingerprint density at radius 3 is 1.33 bits per heavy atom. The molecule has 3 nitrogen and oxygen atoms in total. The Morgan fingerprint density at radius 2 is 0.712 bits per heavy atom. The Kier molecular flexibility index (Phi) is 8.85. The third kappa shape index (κ3) is 6.32. The molecule has 0 bridgehead atoms. The number of nitrogens with zero attached hydrogens (tertiary/aromatic N) is 3. The molecule has 0 atom stereocenters. The van der Waals surface area contributed by atoms with Crippen molar-refractivity contribution in [2.75, 3.05) is 0 Å². The van der Waals surface area contributed by atoms with Crippen LogP contribution in [0.2, 0.25) is 0 Å². The molecule has 0 aliphatic heterocycles. The molecule has 66 heavy (non-hydrogen) atoms. The molecule has 13 aromatic rings. The Hall–Kier alpha value is -8.79. The SMILES string of the molecule is c1cncc(-c2cccc(-c3nc(-c4ccc(-c5cc6ccccc6c6ccccc56)cc4)cc(-c4ccc(-c5cc6c7ccccc7c7ccccc7c6c6ccccc56)cc4)n3)c2)c1. The number of fused-ring (bicyclic) bond motifs is 11. The fourth-order valence-corrected chi connectivity index (χ4v) is 10.2. The lowest BCUT2D eigenvalue weighted by molar-refractivity contribution is 1.18.